The van der Waals surface area contributed by atoms with Crippen LogP contribution < -0.4 is 16.0 Å². The molecule has 1 rings (SSSR count). The van der Waals surface area contributed by atoms with E-state index in [0.29, 0.717) is 12.1 Å². The molecule has 0 saturated carbocycles. The van der Waals surface area contributed by atoms with Crippen LogP contribution in [0.25, 0.3) is 0 Å². The molecule has 0 atom stereocenters. The SMILES string of the molecule is CCNC(=NCc1ccc(C(=O)NC)cc1)NCCCOCC. The van der Waals surface area contributed by atoms with Gasteiger partial charge in [-0.3, -0.25) is 4.79 Å². The van der Waals surface area contributed by atoms with Crippen LogP contribution in [0.1, 0.15) is 36.2 Å². The molecule has 128 valence electrons. The third kappa shape index (κ3) is 7.65. The first kappa shape index (κ1) is 19.0. The van der Waals surface area contributed by atoms with Crippen LogP contribution in [0.3, 0.4) is 0 Å². The predicted octanol–water partition coefficient (Wildman–Crippen LogP) is 1.53. The number of hydrogen-bond donors (Lipinski definition) is 3. The number of nitrogens with one attached hydrogen (secondary N) is 3. The first-order valence-electron chi connectivity index (χ1n) is 8.12. The van der Waals surface area contributed by atoms with Gasteiger partial charge in [-0.15, -0.1) is 0 Å². The summed E-state index contributed by atoms with van der Waals surface area (Å²) >= 11 is 0. The van der Waals surface area contributed by atoms with E-state index in [4.69, 9.17) is 4.74 Å². The Hall–Kier alpha value is -2.08. The zero-order valence-corrected chi connectivity index (χ0v) is 14.3. The minimum atomic E-state index is -0.0793. The van der Waals surface area contributed by atoms with Crippen molar-refractivity contribution in [2.75, 3.05) is 33.4 Å². The lowest BCUT2D eigenvalue weighted by Gasteiger charge is -2.11. The number of benzene rings is 1. The van der Waals surface area contributed by atoms with Gasteiger partial charge in [-0.2, -0.15) is 0 Å². The van der Waals surface area contributed by atoms with Gasteiger partial charge in [0.25, 0.3) is 5.91 Å². The van der Waals surface area contributed by atoms with Crippen LogP contribution in [0.15, 0.2) is 29.3 Å². The lowest BCUT2D eigenvalue weighted by molar-refractivity contribution is 0.0963. The second kappa shape index (κ2) is 11.5. The second-order valence-corrected chi connectivity index (χ2v) is 4.95. The molecule has 0 bridgehead atoms. The molecular weight excluding hydrogens is 292 g/mol. The van der Waals surface area contributed by atoms with Gasteiger partial charge in [0.05, 0.1) is 6.54 Å². The molecule has 0 fully saturated rings. The number of ether oxygens (including phenoxy) is 1. The molecule has 1 aromatic carbocycles. The van der Waals surface area contributed by atoms with Gasteiger partial charge in [-0.1, -0.05) is 12.1 Å². The van der Waals surface area contributed by atoms with Crippen LogP contribution >= 0.6 is 0 Å². The third-order valence-electron chi connectivity index (χ3n) is 3.17. The number of guanidine groups is 1. The Morgan fingerprint density at radius 1 is 1.17 bits per heavy atom. The second-order valence-electron chi connectivity index (χ2n) is 4.95. The minimum Gasteiger partial charge on any atom is -0.382 e. The molecule has 3 N–H and O–H groups in total. The summed E-state index contributed by atoms with van der Waals surface area (Å²) in [4.78, 5) is 16.0. The van der Waals surface area contributed by atoms with Crippen LogP contribution in [-0.4, -0.2) is 45.2 Å². The fourth-order valence-corrected chi connectivity index (χ4v) is 1.94. The zero-order chi connectivity index (χ0) is 16.9. The summed E-state index contributed by atoms with van der Waals surface area (Å²) in [7, 11) is 1.63. The molecule has 0 aliphatic rings. The summed E-state index contributed by atoms with van der Waals surface area (Å²) in [6.45, 7) is 7.73. The van der Waals surface area contributed by atoms with Gasteiger partial charge in [-0.05, 0) is 38.0 Å². The van der Waals surface area contributed by atoms with Crippen molar-refractivity contribution in [2.45, 2.75) is 26.8 Å². The Morgan fingerprint density at radius 2 is 1.91 bits per heavy atom. The number of carbonyl (C=O) groups excluding carboxylic acids is 1. The summed E-state index contributed by atoms with van der Waals surface area (Å²) in [6, 6.07) is 7.47. The van der Waals surface area contributed by atoms with Crippen molar-refractivity contribution in [3.05, 3.63) is 35.4 Å². The van der Waals surface area contributed by atoms with E-state index < -0.39 is 0 Å². The van der Waals surface area contributed by atoms with E-state index >= 15 is 0 Å². The Kier molecular flexibility index (Phi) is 9.47. The summed E-state index contributed by atoms with van der Waals surface area (Å²) in [6.07, 6.45) is 0.944. The van der Waals surface area contributed by atoms with Gasteiger partial charge in [0, 0.05) is 38.9 Å². The van der Waals surface area contributed by atoms with Crippen molar-refractivity contribution in [3.63, 3.8) is 0 Å². The number of carbonyl (C=O) groups is 1. The average Bonchev–Trinajstić information content (AvgIpc) is 2.59. The quantitative estimate of drug-likeness (QED) is 0.366. The topological polar surface area (TPSA) is 74.8 Å². The summed E-state index contributed by atoms with van der Waals surface area (Å²) in [5.41, 5.74) is 1.71. The molecule has 0 aliphatic heterocycles. The molecule has 0 spiro atoms. The van der Waals surface area contributed by atoms with Crippen molar-refractivity contribution in [1.29, 1.82) is 0 Å². The number of nitrogens with zero attached hydrogens (tertiary/aromatic N) is 1. The smallest absolute Gasteiger partial charge is 0.251 e. The fourth-order valence-electron chi connectivity index (χ4n) is 1.94. The molecule has 23 heavy (non-hydrogen) atoms. The first-order chi connectivity index (χ1) is 11.2. The van der Waals surface area contributed by atoms with Gasteiger partial charge in [0.2, 0.25) is 0 Å². The van der Waals surface area contributed by atoms with Gasteiger partial charge < -0.3 is 20.7 Å². The van der Waals surface area contributed by atoms with Gasteiger partial charge in [-0.25, -0.2) is 4.99 Å². The molecule has 0 aromatic heterocycles. The number of amides is 1. The summed E-state index contributed by atoms with van der Waals surface area (Å²) in [5, 5.41) is 9.11. The van der Waals surface area contributed by atoms with Crippen LogP contribution in [0.2, 0.25) is 0 Å². The lowest BCUT2D eigenvalue weighted by atomic mass is 10.1. The van der Waals surface area contributed by atoms with E-state index in [1.807, 2.05) is 38.1 Å². The molecule has 0 radical (unpaired) electrons. The molecule has 0 saturated heterocycles. The molecule has 6 heteroatoms. The van der Waals surface area contributed by atoms with Gasteiger partial charge in [0.15, 0.2) is 5.96 Å². The van der Waals surface area contributed by atoms with E-state index in [0.717, 1.165) is 44.2 Å². The predicted molar refractivity (Wildman–Crippen MR) is 93.8 cm³/mol. The van der Waals surface area contributed by atoms with E-state index in [2.05, 4.69) is 20.9 Å². The van der Waals surface area contributed by atoms with E-state index in [9.17, 15) is 4.79 Å². The molecule has 0 unspecified atom stereocenters. The normalized spacial score (nSPS) is 11.2. The van der Waals surface area contributed by atoms with Crippen LogP contribution in [0, 0.1) is 0 Å². The third-order valence-corrected chi connectivity index (χ3v) is 3.17. The van der Waals surface area contributed by atoms with Crippen LogP contribution in [0.5, 0.6) is 0 Å². The highest BCUT2D eigenvalue weighted by Gasteiger charge is 2.02. The van der Waals surface area contributed by atoms with E-state index in [-0.39, 0.29) is 5.91 Å². The molecule has 6 nitrogen and oxygen atoms in total. The number of rotatable bonds is 9. The van der Waals surface area contributed by atoms with Crippen molar-refractivity contribution in [2.24, 2.45) is 4.99 Å². The minimum absolute atomic E-state index is 0.0793. The van der Waals surface area contributed by atoms with Crippen LogP contribution in [-0.2, 0) is 11.3 Å². The van der Waals surface area contributed by atoms with Crippen molar-refractivity contribution in [1.82, 2.24) is 16.0 Å². The fraction of sp³-hybridized carbons (Fsp3) is 0.529. The zero-order valence-electron chi connectivity index (χ0n) is 14.3. The maximum Gasteiger partial charge on any atom is 0.251 e. The standard InChI is InChI=1S/C17H28N4O2/c1-4-19-17(20-11-6-12-23-5-2)21-13-14-7-9-15(10-8-14)16(22)18-3/h7-10H,4-6,11-13H2,1-3H3,(H,18,22)(H2,19,20,21). The van der Waals surface area contributed by atoms with Crippen molar-refractivity contribution >= 4 is 11.9 Å². The van der Waals surface area contributed by atoms with E-state index in [1.54, 1.807) is 7.05 Å². The number of hydrogen-bond acceptors (Lipinski definition) is 3. The first-order valence-corrected chi connectivity index (χ1v) is 8.12. The molecule has 0 heterocycles. The Balaban J connectivity index is 2.50. The highest BCUT2D eigenvalue weighted by Crippen LogP contribution is 2.05. The van der Waals surface area contributed by atoms with Gasteiger partial charge >= 0.3 is 0 Å². The Bertz CT molecular complexity index is 486. The molecule has 0 aliphatic carbocycles. The largest absolute Gasteiger partial charge is 0.382 e. The number of aliphatic imine (C=N–C) groups is 1. The van der Waals surface area contributed by atoms with Crippen LogP contribution in [0.4, 0.5) is 0 Å². The highest BCUT2D eigenvalue weighted by molar-refractivity contribution is 5.93. The lowest BCUT2D eigenvalue weighted by Crippen LogP contribution is -2.38. The Labute approximate surface area is 138 Å². The Morgan fingerprint density at radius 3 is 2.52 bits per heavy atom. The van der Waals surface area contributed by atoms with Gasteiger partial charge in [0.1, 0.15) is 0 Å². The molecular formula is C17H28N4O2. The monoisotopic (exact) mass is 320 g/mol. The maximum absolute atomic E-state index is 11.5. The summed E-state index contributed by atoms with van der Waals surface area (Å²) < 4.78 is 5.31. The van der Waals surface area contributed by atoms with E-state index in [1.165, 1.54) is 0 Å². The van der Waals surface area contributed by atoms with Crippen molar-refractivity contribution < 1.29 is 9.53 Å². The van der Waals surface area contributed by atoms with Crippen molar-refractivity contribution in [3.8, 4) is 0 Å². The highest BCUT2D eigenvalue weighted by atomic mass is 16.5. The molecule has 1 aromatic rings. The summed E-state index contributed by atoms with van der Waals surface area (Å²) in [5.74, 6) is 0.712. The molecule has 1 amide bonds. The average molecular weight is 320 g/mol. The maximum atomic E-state index is 11.5.